The van der Waals surface area contributed by atoms with Crippen LogP contribution < -0.4 is 27.4 Å². The van der Waals surface area contributed by atoms with Gasteiger partial charge in [0.15, 0.2) is 0 Å². The lowest BCUT2D eigenvalue weighted by atomic mass is 10.0. The van der Waals surface area contributed by atoms with Gasteiger partial charge in [-0.25, -0.2) is 0 Å². The number of aryl methyl sites for hydroxylation is 8. The van der Waals surface area contributed by atoms with E-state index in [4.69, 9.17) is 20.9 Å². The fourth-order valence-electron chi connectivity index (χ4n) is 9.46. The number of ether oxygens (including phenoxy) is 2. The second-order valence-corrected chi connectivity index (χ2v) is 17.5. The molecule has 1 atom stereocenters. The molecule has 5 amide bonds. The number of fused-ring (bicyclic) bond motifs is 2. The van der Waals surface area contributed by atoms with Crippen LogP contribution >= 0.6 is 0 Å². The van der Waals surface area contributed by atoms with Gasteiger partial charge in [0.05, 0.1) is 52.7 Å². The first-order valence-electron chi connectivity index (χ1n) is 23.4. The molecule has 4 aromatic heterocycles. The number of hydrogen-bond acceptors (Lipinski definition) is 9. The van der Waals surface area contributed by atoms with Gasteiger partial charge in [0.2, 0.25) is 29.0 Å². The van der Waals surface area contributed by atoms with Gasteiger partial charge < -0.3 is 44.1 Å². The van der Waals surface area contributed by atoms with Gasteiger partial charge in [-0.1, -0.05) is 12.1 Å². The third-order valence-electron chi connectivity index (χ3n) is 13.0. The zero-order valence-corrected chi connectivity index (χ0v) is 40.6. The van der Waals surface area contributed by atoms with Gasteiger partial charge in [0, 0.05) is 57.9 Å². The van der Waals surface area contributed by atoms with E-state index in [2.05, 4.69) is 20.2 Å². The smallest absolute Gasteiger partial charge is 0.298 e. The van der Waals surface area contributed by atoms with E-state index in [0.717, 1.165) is 18.4 Å². The summed E-state index contributed by atoms with van der Waals surface area (Å²) in [6.07, 6.45) is 1.68. The van der Waals surface area contributed by atoms with Crippen LogP contribution in [0.15, 0.2) is 82.8 Å². The van der Waals surface area contributed by atoms with Gasteiger partial charge in [0.25, 0.3) is 11.8 Å². The third-order valence-corrected chi connectivity index (χ3v) is 13.0. The number of carbonyl (C=O) groups excluding carboxylic acids is 5. The van der Waals surface area contributed by atoms with E-state index in [1.54, 1.807) is 88.2 Å². The monoisotopic (exact) mass is 953 g/mol. The summed E-state index contributed by atoms with van der Waals surface area (Å²) in [7, 11) is 5.15. The summed E-state index contributed by atoms with van der Waals surface area (Å²) in [6.45, 7) is 9.21. The number of primary amides is 2. The van der Waals surface area contributed by atoms with Gasteiger partial charge in [0.1, 0.15) is 23.7 Å². The second kappa shape index (κ2) is 20.4. The summed E-state index contributed by atoms with van der Waals surface area (Å²) in [4.78, 5) is 78.1. The maximum Gasteiger partial charge on any atom is 0.298 e. The van der Waals surface area contributed by atoms with Crippen LogP contribution in [0.2, 0.25) is 0 Å². The molecule has 1 aliphatic heterocycles. The molecule has 7 aromatic rings. The molecule has 1 fully saturated rings. The van der Waals surface area contributed by atoms with Gasteiger partial charge in [-0.3, -0.25) is 33.3 Å². The molecule has 0 aliphatic carbocycles. The third kappa shape index (κ3) is 9.71. The van der Waals surface area contributed by atoms with Crippen LogP contribution in [0.4, 0.5) is 0 Å². The normalized spacial score (nSPS) is 14.8. The van der Waals surface area contributed by atoms with Gasteiger partial charge in [-0.2, -0.15) is 20.2 Å². The Morgan fingerprint density at radius 1 is 0.714 bits per heavy atom. The van der Waals surface area contributed by atoms with Crippen molar-refractivity contribution in [2.45, 2.75) is 91.7 Å². The fraction of sp³-hybridized carbons (Fsp3) is 0.380. The maximum absolute atomic E-state index is 14.3. The summed E-state index contributed by atoms with van der Waals surface area (Å²) in [5.41, 5.74) is 18.2. The van der Waals surface area contributed by atoms with Crippen LogP contribution in [0.3, 0.4) is 0 Å². The Bertz CT molecular complexity index is 3150. The molecule has 0 radical (unpaired) electrons. The standard InChI is InChI=1S/C50H59N13O7/c1-8-62-42(24-30(3)55-62)47(67)53-49-57(5)40-27-33(45(51)65)15-17-38(40)60(49)22-19-35(70-29-44(64)59-21-11-14-37(59)32-12-10-13-36(26-32)69-7)20-23-61-39-18-16-34(46(52)66)28-41(39)58(6)50(61)54-48(68)43-25-31(4)56-63(43)9-2/h10,12-13,15-18,24-28,35,37H,8-9,11,14,19-23,29H2,1-7H3,(H2,51,65)(H2,52,66)/t35?,37-/m0/s1. The summed E-state index contributed by atoms with van der Waals surface area (Å²) in [5, 5.41) is 8.90. The highest BCUT2D eigenvalue weighted by atomic mass is 16.5. The zero-order chi connectivity index (χ0) is 50.0. The van der Waals surface area contributed by atoms with Gasteiger partial charge >= 0.3 is 0 Å². The van der Waals surface area contributed by atoms with Crippen LogP contribution in [0, 0.1) is 13.8 Å². The number of benzene rings is 3. The summed E-state index contributed by atoms with van der Waals surface area (Å²) in [6, 6.07) is 21.1. The van der Waals surface area contributed by atoms with Crippen LogP contribution in [0.5, 0.6) is 5.75 Å². The van der Waals surface area contributed by atoms with Crippen LogP contribution in [-0.4, -0.2) is 98.6 Å². The Morgan fingerprint density at radius 2 is 1.23 bits per heavy atom. The lowest BCUT2D eigenvalue weighted by Gasteiger charge is -2.27. The summed E-state index contributed by atoms with van der Waals surface area (Å²) < 4.78 is 22.7. The van der Waals surface area contributed by atoms with E-state index in [9.17, 15) is 24.0 Å². The number of aromatic nitrogens is 8. The van der Waals surface area contributed by atoms with Crippen molar-refractivity contribution in [3.8, 4) is 5.75 Å². The Kier molecular flexibility index (Phi) is 14.1. The molecule has 3 aromatic carbocycles. The first-order valence-corrected chi connectivity index (χ1v) is 23.4. The van der Waals surface area contributed by atoms with Crippen molar-refractivity contribution in [1.29, 1.82) is 0 Å². The highest BCUT2D eigenvalue weighted by Crippen LogP contribution is 2.34. The molecule has 0 spiro atoms. The van der Waals surface area contributed by atoms with E-state index in [0.29, 0.717) is 94.3 Å². The molecule has 0 bridgehead atoms. The average molecular weight is 954 g/mol. The molecular formula is C50H59N13O7. The van der Waals surface area contributed by atoms with Crippen LogP contribution in [-0.2, 0) is 49.8 Å². The molecule has 8 rings (SSSR count). The zero-order valence-electron chi connectivity index (χ0n) is 40.6. The average Bonchev–Trinajstić information content (AvgIpc) is 4.19. The minimum atomic E-state index is -0.605. The minimum absolute atomic E-state index is 0.151. The molecule has 0 unspecified atom stereocenters. The van der Waals surface area contributed by atoms with Crippen molar-refractivity contribution in [2.24, 2.45) is 35.5 Å². The molecule has 4 N–H and O–H groups in total. The quantitative estimate of drug-likeness (QED) is 0.133. The number of amides is 5. The number of carbonyl (C=O) groups is 5. The lowest BCUT2D eigenvalue weighted by molar-refractivity contribution is -0.139. The van der Waals surface area contributed by atoms with E-state index in [-0.39, 0.29) is 42.8 Å². The predicted octanol–water partition coefficient (Wildman–Crippen LogP) is 4.24. The van der Waals surface area contributed by atoms with E-state index >= 15 is 0 Å². The maximum atomic E-state index is 14.3. The predicted molar refractivity (Wildman–Crippen MR) is 260 cm³/mol. The lowest BCUT2D eigenvalue weighted by Crippen LogP contribution is -2.36. The molecule has 1 aliphatic rings. The highest BCUT2D eigenvalue weighted by Gasteiger charge is 2.31. The Labute approximate surface area is 403 Å². The Morgan fingerprint density at radius 3 is 1.70 bits per heavy atom. The fourth-order valence-corrected chi connectivity index (χ4v) is 9.46. The topological polar surface area (TPSA) is 239 Å². The Hall–Kier alpha value is -7.87. The summed E-state index contributed by atoms with van der Waals surface area (Å²) in [5.74, 6) is -1.67. The number of rotatable bonds is 17. The largest absolute Gasteiger partial charge is 0.497 e. The molecule has 5 heterocycles. The number of methoxy groups -OCH3 is 1. The van der Waals surface area contributed by atoms with Crippen molar-refractivity contribution in [2.75, 3.05) is 20.3 Å². The second-order valence-electron chi connectivity index (χ2n) is 17.5. The molecule has 20 nitrogen and oxygen atoms in total. The molecular weight excluding hydrogens is 895 g/mol. The van der Waals surface area contributed by atoms with E-state index in [1.165, 1.54) is 0 Å². The van der Waals surface area contributed by atoms with Crippen molar-refractivity contribution < 1.29 is 33.4 Å². The van der Waals surface area contributed by atoms with Crippen LogP contribution in [0.25, 0.3) is 22.1 Å². The molecule has 70 heavy (non-hydrogen) atoms. The first-order chi connectivity index (χ1) is 33.6. The van der Waals surface area contributed by atoms with E-state index < -0.39 is 29.7 Å². The highest BCUT2D eigenvalue weighted by molar-refractivity contribution is 5.98. The van der Waals surface area contributed by atoms with Gasteiger partial charge in [-0.15, -0.1) is 0 Å². The van der Waals surface area contributed by atoms with E-state index in [1.807, 2.05) is 66.0 Å². The molecule has 20 heteroatoms. The number of imidazole rings is 2. The number of hydrogen-bond donors (Lipinski definition) is 2. The Balaban J connectivity index is 1.18. The minimum Gasteiger partial charge on any atom is -0.497 e. The van der Waals surface area contributed by atoms with Crippen molar-refractivity contribution in [1.82, 2.24) is 42.7 Å². The van der Waals surface area contributed by atoms with Crippen molar-refractivity contribution in [3.05, 3.63) is 123 Å². The summed E-state index contributed by atoms with van der Waals surface area (Å²) >= 11 is 0. The first kappa shape index (κ1) is 48.6. The number of nitrogens with two attached hydrogens (primary N) is 2. The molecule has 0 saturated carbocycles. The molecule has 1 saturated heterocycles. The van der Waals surface area contributed by atoms with Crippen molar-refractivity contribution >= 4 is 51.6 Å². The SMILES string of the molecule is CCn1nc(C)cc1C(=O)N=c1n(C)c2cc(C(N)=O)ccc2n1CCC(CCn1c(=NC(=O)c2cc(C)nn2CC)n(C)c2cc(C(N)=O)ccc21)OCC(=O)N1CCC[C@H]1c1cccc(OC)c1. The van der Waals surface area contributed by atoms with Gasteiger partial charge in [-0.05, 0) is 120 Å². The number of nitrogens with zero attached hydrogens (tertiary/aromatic N) is 11. The van der Waals surface area contributed by atoms with Crippen molar-refractivity contribution in [3.63, 3.8) is 0 Å². The number of likely N-dealkylation sites (tertiary alicyclic amines) is 1. The van der Waals surface area contributed by atoms with Crippen LogP contribution in [0.1, 0.15) is 104 Å². The molecule has 366 valence electrons.